The lowest BCUT2D eigenvalue weighted by atomic mass is 10.1. The van der Waals surface area contributed by atoms with E-state index in [0.717, 1.165) is 47.4 Å². The van der Waals surface area contributed by atoms with Gasteiger partial charge in [-0.15, -0.1) is 0 Å². The average Bonchev–Trinajstić information content (AvgIpc) is 3.32. The van der Waals surface area contributed by atoms with Gasteiger partial charge in [0.2, 0.25) is 21.8 Å². The van der Waals surface area contributed by atoms with Crippen molar-refractivity contribution in [1.29, 1.82) is 0 Å². The van der Waals surface area contributed by atoms with Crippen LogP contribution in [-0.2, 0) is 26.2 Å². The summed E-state index contributed by atoms with van der Waals surface area (Å²) in [5, 5.41) is 3.58. The van der Waals surface area contributed by atoms with Crippen LogP contribution < -0.4 is 9.62 Å². The van der Waals surface area contributed by atoms with Gasteiger partial charge in [-0.1, -0.05) is 55.6 Å². The van der Waals surface area contributed by atoms with Crippen molar-refractivity contribution in [1.82, 2.24) is 10.2 Å². The lowest BCUT2D eigenvalue weighted by molar-refractivity contribution is -0.140. The number of sulfonamides is 1. The van der Waals surface area contributed by atoms with E-state index in [1.54, 1.807) is 24.3 Å². The van der Waals surface area contributed by atoms with Crippen LogP contribution in [0.4, 0.5) is 5.69 Å². The molecule has 0 aromatic heterocycles. The number of aryl methyl sites for hydroxylation is 2. The molecular formula is C27H36ClN3O4S. The number of nitrogens with zero attached hydrogens (tertiary/aromatic N) is 2. The van der Waals surface area contributed by atoms with Gasteiger partial charge in [0.1, 0.15) is 12.6 Å². The Kier molecular flexibility index (Phi) is 9.41. The second-order valence-corrected chi connectivity index (χ2v) is 11.9. The molecule has 1 aliphatic carbocycles. The number of anilines is 1. The molecule has 2 aromatic rings. The molecule has 1 unspecified atom stereocenters. The SMILES string of the molecule is CCC(C(=O)NC1CCCC1)N(Cc1ccccc1Cl)C(=O)CN(c1ccc(C)c(C)c1)S(C)(=O)=O. The van der Waals surface area contributed by atoms with Crippen LogP contribution in [0, 0.1) is 13.8 Å². The molecule has 1 N–H and O–H groups in total. The molecule has 7 nitrogen and oxygen atoms in total. The summed E-state index contributed by atoms with van der Waals surface area (Å²) in [7, 11) is -3.77. The molecule has 2 aromatic carbocycles. The number of carbonyl (C=O) groups is 2. The highest BCUT2D eigenvalue weighted by atomic mass is 35.5. The molecule has 1 fully saturated rings. The van der Waals surface area contributed by atoms with Gasteiger partial charge in [0, 0.05) is 17.6 Å². The summed E-state index contributed by atoms with van der Waals surface area (Å²) < 4.78 is 26.6. The summed E-state index contributed by atoms with van der Waals surface area (Å²) in [6.45, 7) is 5.36. The zero-order valence-electron chi connectivity index (χ0n) is 21.5. The third-order valence-corrected chi connectivity index (χ3v) is 8.35. The van der Waals surface area contributed by atoms with Crippen molar-refractivity contribution in [3.63, 3.8) is 0 Å². The van der Waals surface area contributed by atoms with Gasteiger partial charge in [0.05, 0.1) is 11.9 Å². The van der Waals surface area contributed by atoms with E-state index >= 15 is 0 Å². The highest BCUT2D eigenvalue weighted by Crippen LogP contribution is 2.24. The molecule has 3 rings (SSSR count). The molecule has 36 heavy (non-hydrogen) atoms. The van der Waals surface area contributed by atoms with Crippen molar-refractivity contribution < 1.29 is 18.0 Å². The lowest BCUT2D eigenvalue weighted by Gasteiger charge is -2.33. The van der Waals surface area contributed by atoms with E-state index in [-0.39, 0.29) is 18.5 Å². The number of halogens is 1. The molecule has 0 aliphatic heterocycles. The van der Waals surface area contributed by atoms with E-state index in [4.69, 9.17) is 11.6 Å². The van der Waals surface area contributed by atoms with Crippen molar-refractivity contribution >= 4 is 39.1 Å². The Hall–Kier alpha value is -2.58. The van der Waals surface area contributed by atoms with Crippen LogP contribution in [0.5, 0.6) is 0 Å². The largest absolute Gasteiger partial charge is 0.352 e. The van der Waals surface area contributed by atoms with Crippen molar-refractivity contribution in [2.24, 2.45) is 0 Å². The standard InChI is InChI=1S/C27H36ClN3O4S/c1-5-25(27(33)29-22-11-7-8-12-22)30(17-21-10-6-9-13-24(21)28)26(32)18-31(36(4,34)35)23-15-14-19(2)20(3)16-23/h6,9-10,13-16,22,25H,5,7-8,11-12,17-18H2,1-4H3,(H,29,33). The summed E-state index contributed by atoms with van der Waals surface area (Å²) in [6.07, 6.45) is 5.46. The molecule has 0 spiro atoms. The van der Waals surface area contributed by atoms with E-state index < -0.39 is 28.5 Å². The minimum Gasteiger partial charge on any atom is -0.352 e. The van der Waals surface area contributed by atoms with Gasteiger partial charge in [-0.3, -0.25) is 13.9 Å². The maximum Gasteiger partial charge on any atom is 0.244 e. The predicted molar refractivity (Wildman–Crippen MR) is 145 cm³/mol. The highest BCUT2D eigenvalue weighted by molar-refractivity contribution is 7.92. The van der Waals surface area contributed by atoms with Gasteiger partial charge in [0.15, 0.2) is 0 Å². The molecule has 0 bridgehead atoms. The monoisotopic (exact) mass is 533 g/mol. The summed E-state index contributed by atoms with van der Waals surface area (Å²) in [5.41, 5.74) is 3.05. The van der Waals surface area contributed by atoms with Crippen LogP contribution in [0.3, 0.4) is 0 Å². The maximum absolute atomic E-state index is 13.8. The molecule has 0 heterocycles. The van der Waals surface area contributed by atoms with Crippen LogP contribution in [-0.4, -0.2) is 50.0 Å². The van der Waals surface area contributed by atoms with Gasteiger partial charge in [0.25, 0.3) is 0 Å². The second-order valence-electron chi connectivity index (χ2n) is 9.57. The van der Waals surface area contributed by atoms with Gasteiger partial charge in [-0.2, -0.15) is 0 Å². The van der Waals surface area contributed by atoms with E-state index in [2.05, 4.69) is 5.32 Å². The summed E-state index contributed by atoms with van der Waals surface area (Å²) in [5.74, 6) is -0.686. The van der Waals surface area contributed by atoms with Gasteiger partial charge >= 0.3 is 0 Å². The number of carbonyl (C=O) groups excluding carboxylic acids is 2. The molecule has 1 saturated carbocycles. The van der Waals surface area contributed by atoms with Crippen LogP contribution in [0.15, 0.2) is 42.5 Å². The molecule has 196 valence electrons. The third-order valence-electron chi connectivity index (χ3n) is 6.84. The van der Waals surface area contributed by atoms with Gasteiger partial charge in [-0.25, -0.2) is 8.42 Å². The fourth-order valence-corrected chi connectivity index (χ4v) is 5.63. The number of rotatable bonds is 10. The molecule has 0 saturated heterocycles. The van der Waals surface area contributed by atoms with Crippen molar-refractivity contribution in [2.45, 2.75) is 71.5 Å². The Morgan fingerprint density at radius 1 is 1.08 bits per heavy atom. The molecule has 2 amide bonds. The first-order valence-electron chi connectivity index (χ1n) is 12.4. The zero-order valence-corrected chi connectivity index (χ0v) is 23.0. The topological polar surface area (TPSA) is 86.8 Å². The average molecular weight is 534 g/mol. The molecule has 1 aliphatic rings. The maximum atomic E-state index is 13.8. The first-order valence-corrected chi connectivity index (χ1v) is 14.6. The Morgan fingerprint density at radius 2 is 1.75 bits per heavy atom. The molecule has 9 heteroatoms. The number of hydrogen-bond acceptors (Lipinski definition) is 4. The highest BCUT2D eigenvalue weighted by Gasteiger charge is 2.33. The van der Waals surface area contributed by atoms with E-state index in [0.29, 0.717) is 22.7 Å². The van der Waals surface area contributed by atoms with Crippen molar-refractivity contribution in [3.8, 4) is 0 Å². The lowest BCUT2D eigenvalue weighted by Crippen LogP contribution is -2.53. The Labute approximate surface area is 219 Å². The number of hydrogen-bond donors (Lipinski definition) is 1. The minimum absolute atomic E-state index is 0.0969. The Balaban J connectivity index is 1.94. The smallest absolute Gasteiger partial charge is 0.244 e. The predicted octanol–water partition coefficient (Wildman–Crippen LogP) is 4.59. The van der Waals surface area contributed by atoms with Crippen molar-refractivity contribution in [2.75, 3.05) is 17.1 Å². The minimum atomic E-state index is -3.77. The second kappa shape index (κ2) is 12.1. The Bertz CT molecular complexity index is 1200. The van der Waals surface area contributed by atoms with Gasteiger partial charge < -0.3 is 10.2 Å². The fraction of sp³-hybridized carbons (Fsp3) is 0.481. The van der Waals surface area contributed by atoms with Crippen LogP contribution in [0.1, 0.15) is 55.7 Å². The van der Waals surface area contributed by atoms with Crippen molar-refractivity contribution in [3.05, 3.63) is 64.2 Å². The summed E-state index contributed by atoms with van der Waals surface area (Å²) in [4.78, 5) is 28.6. The fourth-order valence-electron chi connectivity index (χ4n) is 4.59. The molecular weight excluding hydrogens is 498 g/mol. The quantitative estimate of drug-likeness (QED) is 0.484. The molecule has 0 radical (unpaired) electrons. The zero-order chi connectivity index (χ0) is 26.5. The van der Waals surface area contributed by atoms with E-state index in [1.807, 2.05) is 39.0 Å². The third kappa shape index (κ3) is 7.01. The van der Waals surface area contributed by atoms with Gasteiger partial charge in [-0.05, 0) is 68.0 Å². The van der Waals surface area contributed by atoms with E-state index in [9.17, 15) is 18.0 Å². The number of nitrogens with one attached hydrogen (secondary N) is 1. The number of benzene rings is 2. The van der Waals surface area contributed by atoms with Crippen LogP contribution >= 0.6 is 11.6 Å². The molecule has 1 atom stereocenters. The summed E-state index contributed by atoms with van der Waals surface area (Å²) in [6, 6.07) is 11.8. The Morgan fingerprint density at radius 3 is 2.33 bits per heavy atom. The number of amides is 2. The first kappa shape index (κ1) is 28.0. The first-order chi connectivity index (χ1) is 17.0. The summed E-state index contributed by atoms with van der Waals surface area (Å²) >= 11 is 6.40. The normalized spacial score (nSPS) is 14.9. The van der Waals surface area contributed by atoms with E-state index in [1.165, 1.54) is 4.90 Å². The van der Waals surface area contributed by atoms with Crippen LogP contribution in [0.25, 0.3) is 0 Å². The van der Waals surface area contributed by atoms with Crippen LogP contribution in [0.2, 0.25) is 5.02 Å².